The molecule has 1 aliphatic rings. The fraction of sp³-hybridized carbons (Fsp3) is 0.625. The molecule has 1 aromatic carbocycles. The van der Waals surface area contributed by atoms with Crippen molar-refractivity contribution in [3.8, 4) is 0 Å². The molecule has 0 atom stereocenters. The van der Waals surface area contributed by atoms with E-state index in [4.69, 9.17) is 0 Å². The lowest BCUT2D eigenvalue weighted by Gasteiger charge is -2.37. The zero-order valence-corrected chi connectivity index (χ0v) is 11.5. The van der Waals surface area contributed by atoms with Gasteiger partial charge in [-0.15, -0.1) is 0 Å². The Bertz CT molecular complexity index is 353. The van der Waals surface area contributed by atoms with Gasteiger partial charge in [-0.2, -0.15) is 0 Å². The minimum Gasteiger partial charge on any atom is -0.389 e. The molecule has 1 aromatic rings. The van der Waals surface area contributed by atoms with Gasteiger partial charge in [-0.1, -0.05) is 44.2 Å². The van der Waals surface area contributed by atoms with E-state index >= 15 is 0 Å². The Kier molecular flexibility index (Phi) is 4.41. The molecule has 2 nitrogen and oxygen atoms in total. The van der Waals surface area contributed by atoms with Gasteiger partial charge in [0.2, 0.25) is 0 Å². The van der Waals surface area contributed by atoms with Gasteiger partial charge in [0.05, 0.1) is 5.60 Å². The molecule has 0 saturated heterocycles. The zero-order chi connectivity index (χ0) is 13.0. The molecule has 0 aromatic heterocycles. The molecule has 0 aliphatic heterocycles. The topological polar surface area (TPSA) is 32.3 Å². The van der Waals surface area contributed by atoms with Crippen molar-refractivity contribution < 1.29 is 5.11 Å². The molecule has 1 saturated carbocycles. The van der Waals surface area contributed by atoms with Crippen molar-refractivity contribution in [1.29, 1.82) is 0 Å². The van der Waals surface area contributed by atoms with Crippen LogP contribution in [0.2, 0.25) is 0 Å². The van der Waals surface area contributed by atoms with E-state index < -0.39 is 5.60 Å². The summed E-state index contributed by atoms with van der Waals surface area (Å²) in [5, 5.41) is 13.9. The van der Waals surface area contributed by atoms with E-state index in [0.29, 0.717) is 12.0 Å². The Morgan fingerprint density at radius 2 is 1.83 bits per heavy atom. The largest absolute Gasteiger partial charge is 0.389 e. The summed E-state index contributed by atoms with van der Waals surface area (Å²) in [7, 11) is 0. The van der Waals surface area contributed by atoms with Gasteiger partial charge in [0.25, 0.3) is 0 Å². The second kappa shape index (κ2) is 5.85. The van der Waals surface area contributed by atoms with Gasteiger partial charge in [0.15, 0.2) is 0 Å². The van der Waals surface area contributed by atoms with E-state index in [9.17, 15) is 5.11 Å². The Labute approximate surface area is 110 Å². The van der Waals surface area contributed by atoms with Crippen molar-refractivity contribution in [2.45, 2.75) is 57.1 Å². The Morgan fingerprint density at radius 3 is 2.39 bits per heavy atom. The molecule has 0 heterocycles. The van der Waals surface area contributed by atoms with Gasteiger partial charge >= 0.3 is 0 Å². The number of hydrogen-bond donors (Lipinski definition) is 2. The van der Waals surface area contributed by atoms with Crippen LogP contribution in [-0.2, 0) is 0 Å². The number of rotatable bonds is 4. The third kappa shape index (κ3) is 3.56. The first kappa shape index (κ1) is 13.6. The summed E-state index contributed by atoms with van der Waals surface area (Å²) in [6.07, 6.45) is 4.01. The first-order chi connectivity index (χ1) is 8.59. The number of aliphatic hydroxyl groups is 1. The summed E-state index contributed by atoms with van der Waals surface area (Å²) in [5.74, 6) is 0.630. The quantitative estimate of drug-likeness (QED) is 0.857. The van der Waals surface area contributed by atoms with Crippen LogP contribution >= 0.6 is 0 Å². The van der Waals surface area contributed by atoms with E-state index in [1.54, 1.807) is 0 Å². The summed E-state index contributed by atoms with van der Waals surface area (Å²) in [6.45, 7) is 4.98. The predicted octanol–water partition coefficient (Wildman–Crippen LogP) is 3.07. The van der Waals surface area contributed by atoms with E-state index in [2.05, 4.69) is 49.5 Å². The van der Waals surface area contributed by atoms with Crippen LogP contribution in [0.25, 0.3) is 0 Å². The molecule has 18 heavy (non-hydrogen) atoms. The lowest BCUT2D eigenvalue weighted by atomic mass is 9.76. The third-order valence-corrected chi connectivity index (χ3v) is 4.03. The summed E-state index contributed by atoms with van der Waals surface area (Å²) < 4.78 is 0. The van der Waals surface area contributed by atoms with Crippen molar-refractivity contribution in [3.05, 3.63) is 35.9 Å². The van der Waals surface area contributed by atoms with Crippen LogP contribution in [-0.4, -0.2) is 23.3 Å². The van der Waals surface area contributed by atoms with Gasteiger partial charge in [-0.05, 0) is 37.2 Å². The minimum absolute atomic E-state index is 0.445. The lowest BCUT2D eigenvalue weighted by Crippen LogP contribution is -2.45. The van der Waals surface area contributed by atoms with Crippen LogP contribution in [0, 0.1) is 0 Å². The Balaban J connectivity index is 1.87. The fourth-order valence-corrected chi connectivity index (χ4v) is 2.78. The minimum atomic E-state index is -0.491. The summed E-state index contributed by atoms with van der Waals surface area (Å²) in [6, 6.07) is 11.1. The maximum Gasteiger partial charge on any atom is 0.0772 e. The Hall–Kier alpha value is -0.860. The molecular formula is C16H25NO. The standard InChI is InChI=1S/C16H25NO/c1-13(2)17-12-16(18)10-8-15(9-11-16)14-6-4-3-5-7-14/h3-7,13,15,17-18H,8-12H2,1-2H3. The van der Waals surface area contributed by atoms with E-state index in [1.165, 1.54) is 5.56 Å². The summed E-state index contributed by atoms with van der Waals surface area (Å²) in [5.41, 5.74) is 0.937. The van der Waals surface area contributed by atoms with Crippen molar-refractivity contribution in [2.75, 3.05) is 6.54 Å². The first-order valence-corrected chi connectivity index (χ1v) is 7.10. The number of benzene rings is 1. The van der Waals surface area contributed by atoms with Crippen LogP contribution in [0.15, 0.2) is 30.3 Å². The molecular weight excluding hydrogens is 222 g/mol. The molecule has 0 spiro atoms. The van der Waals surface area contributed by atoms with Crippen LogP contribution in [0.1, 0.15) is 51.0 Å². The van der Waals surface area contributed by atoms with Crippen molar-refractivity contribution in [3.63, 3.8) is 0 Å². The van der Waals surface area contributed by atoms with Crippen LogP contribution in [0.5, 0.6) is 0 Å². The maximum absolute atomic E-state index is 10.5. The van der Waals surface area contributed by atoms with Crippen molar-refractivity contribution >= 4 is 0 Å². The highest BCUT2D eigenvalue weighted by molar-refractivity contribution is 5.20. The van der Waals surface area contributed by atoms with E-state index in [0.717, 1.165) is 32.2 Å². The molecule has 100 valence electrons. The van der Waals surface area contributed by atoms with Gasteiger partial charge < -0.3 is 10.4 Å². The van der Waals surface area contributed by atoms with Crippen LogP contribution in [0.4, 0.5) is 0 Å². The first-order valence-electron chi connectivity index (χ1n) is 7.10. The van der Waals surface area contributed by atoms with Gasteiger partial charge in [0.1, 0.15) is 0 Å². The van der Waals surface area contributed by atoms with E-state index in [1.807, 2.05) is 0 Å². The molecule has 1 fully saturated rings. The highest BCUT2D eigenvalue weighted by Gasteiger charge is 2.33. The second-order valence-corrected chi connectivity index (χ2v) is 5.94. The Morgan fingerprint density at radius 1 is 1.22 bits per heavy atom. The average Bonchev–Trinajstić information content (AvgIpc) is 2.39. The molecule has 0 radical (unpaired) electrons. The van der Waals surface area contributed by atoms with Gasteiger partial charge in [0, 0.05) is 12.6 Å². The predicted molar refractivity (Wildman–Crippen MR) is 75.7 cm³/mol. The highest BCUT2D eigenvalue weighted by atomic mass is 16.3. The lowest BCUT2D eigenvalue weighted by molar-refractivity contribution is -0.00137. The third-order valence-electron chi connectivity index (χ3n) is 4.03. The average molecular weight is 247 g/mol. The van der Waals surface area contributed by atoms with Gasteiger partial charge in [-0.3, -0.25) is 0 Å². The highest BCUT2D eigenvalue weighted by Crippen LogP contribution is 2.37. The molecule has 2 heteroatoms. The maximum atomic E-state index is 10.5. The second-order valence-electron chi connectivity index (χ2n) is 5.94. The fourth-order valence-electron chi connectivity index (χ4n) is 2.78. The summed E-state index contributed by atoms with van der Waals surface area (Å²) >= 11 is 0. The smallest absolute Gasteiger partial charge is 0.0772 e. The monoisotopic (exact) mass is 247 g/mol. The molecule has 1 aliphatic carbocycles. The molecule has 0 unspecified atom stereocenters. The van der Waals surface area contributed by atoms with Gasteiger partial charge in [-0.25, -0.2) is 0 Å². The van der Waals surface area contributed by atoms with Crippen molar-refractivity contribution in [1.82, 2.24) is 5.32 Å². The molecule has 2 N–H and O–H groups in total. The summed E-state index contributed by atoms with van der Waals surface area (Å²) in [4.78, 5) is 0. The molecule has 0 amide bonds. The number of hydrogen-bond acceptors (Lipinski definition) is 2. The number of nitrogens with one attached hydrogen (secondary N) is 1. The van der Waals surface area contributed by atoms with Crippen molar-refractivity contribution in [2.24, 2.45) is 0 Å². The van der Waals surface area contributed by atoms with Crippen LogP contribution in [0.3, 0.4) is 0 Å². The molecule has 0 bridgehead atoms. The normalized spacial score (nSPS) is 28.6. The van der Waals surface area contributed by atoms with Crippen LogP contribution < -0.4 is 5.32 Å². The SMILES string of the molecule is CC(C)NCC1(O)CCC(c2ccccc2)CC1. The molecule has 2 rings (SSSR count). The van der Waals surface area contributed by atoms with E-state index in [-0.39, 0.29) is 0 Å². The zero-order valence-electron chi connectivity index (χ0n) is 11.5.